The highest BCUT2D eigenvalue weighted by Crippen LogP contribution is 2.08. The summed E-state index contributed by atoms with van der Waals surface area (Å²) in [6.45, 7) is 11.7. The SMILES string of the molecule is CC(C)(C)OC(=O)NNCc1cccc(CNNC(=O)OC(C)(C)C)c1. The minimum Gasteiger partial charge on any atom is -0.443 e. The predicted octanol–water partition coefficient (Wildman–Crippen LogP) is 2.75. The Hall–Kier alpha value is -2.32. The van der Waals surface area contributed by atoms with E-state index in [1.54, 1.807) is 41.5 Å². The van der Waals surface area contributed by atoms with Crippen LogP contribution in [0.4, 0.5) is 9.59 Å². The van der Waals surface area contributed by atoms with E-state index >= 15 is 0 Å². The molecule has 26 heavy (non-hydrogen) atoms. The number of ether oxygens (including phenoxy) is 2. The van der Waals surface area contributed by atoms with Gasteiger partial charge < -0.3 is 9.47 Å². The summed E-state index contributed by atoms with van der Waals surface area (Å²) in [6, 6.07) is 7.70. The Morgan fingerprint density at radius 1 is 0.808 bits per heavy atom. The van der Waals surface area contributed by atoms with Crippen LogP contribution in [-0.2, 0) is 22.6 Å². The maximum Gasteiger partial charge on any atom is 0.422 e. The van der Waals surface area contributed by atoms with Crippen molar-refractivity contribution in [3.63, 3.8) is 0 Å². The number of hydrazine groups is 2. The van der Waals surface area contributed by atoms with E-state index in [2.05, 4.69) is 21.7 Å². The number of benzene rings is 1. The molecule has 0 atom stereocenters. The topological polar surface area (TPSA) is 101 Å². The molecule has 1 aromatic carbocycles. The summed E-state index contributed by atoms with van der Waals surface area (Å²) in [4.78, 5) is 23.1. The lowest BCUT2D eigenvalue weighted by molar-refractivity contribution is 0.0486. The van der Waals surface area contributed by atoms with Crippen molar-refractivity contribution in [3.8, 4) is 0 Å². The first kappa shape index (κ1) is 21.7. The average molecular weight is 366 g/mol. The van der Waals surface area contributed by atoms with E-state index in [1.165, 1.54) is 0 Å². The Balaban J connectivity index is 2.36. The number of amides is 2. The van der Waals surface area contributed by atoms with Gasteiger partial charge in [0.15, 0.2) is 0 Å². The van der Waals surface area contributed by atoms with E-state index in [-0.39, 0.29) is 0 Å². The van der Waals surface area contributed by atoms with Crippen molar-refractivity contribution in [1.82, 2.24) is 21.7 Å². The molecule has 0 bridgehead atoms. The zero-order valence-electron chi connectivity index (χ0n) is 16.4. The molecule has 0 saturated carbocycles. The molecule has 1 rings (SSSR count). The molecule has 0 radical (unpaired) electrons. The maximum atomic E-state index is 11.6. The minimum absolute atomic E-state index is 0.437. The van der Waals surface area contributed by atoms with Crippen LogP contribution in [0, 0.1) is 0 Å². The van der Waals surface area contributed by atoms with E-state index in [4.69, 9.17) is 9.47 Å². The van der Waals surface area contributed by atoms with E-state index in [0.29, 0.717) is 13.1 Å². The molecular formula is C18H30N4O4. The number of rotatable bonds is 6. The smallest absolute Gasteiger partial charge is 0.422 e. The third-order valence-electron chi connectivity index (χ3n) is 2.76. The van der Waals surface area contributed by atoms with Gasteiger partial charge in [-0.2, -0.15) is 0 Å². The fraction of sp³-hybridized carbons (Fsp3) is 0.556. The van der Waals surface area contributed by atoms with Gasteiger partial charge in [-0.3, -0.25) is 10.9 Å². The normalized spacial score (nSPS) is 11.6. The van der Waals surface area contributed by atoms with Gasteiger partial charge in [0.1, 0.15) is 11.2 Å². The lowest BCUT2D eigenvalue weighted by atomic mass is 10.1. The Bertz CT molecular complexity index is 557. The van der Waals surface area contributed by atoms with Gasteiger partial charge in [0.2, 0.25) is 0 Å². The summed E-state index contributed by atoms with van der Waals surface area (Å²) in [5.74, 6) is 0. The van der Waals surface area contributed by atoms with Gasteiger partial charge in [-0.1, -0.05) is 24.3 Å². The molecule has 0 aliphatic carbocycles. The van der Waals surface area contributed by atoms with Gasteiger partial charge in [0.25, 0.3) is 0 Å². The molecule has 146 valence electrons. The number of hydrogen-bond donors (Lipinski definition) is 4. The van der Waals surface area contributed by atoms with Gasteiger partial charge >= 0.3 is 12.2 Å². The van der Waals surface area contributed by atoms with Crippen LogP contribution in [0.2, 0.25) is 0 Å². The Morgan fingerprint density at radius 2 is 1.19 bits per heavy atom. The molecule has 1 aromatic rings. The number of nitrogens with one attached hydrogen (secondary N) is 4. The van der Waals surface area contributed by atoms with Crippen LogP contribution < -0.4 is 21.7 Å². The van der Waals surface area contributed by atoms with Gasteiger partial charge in [-0.05, 0) is 52.7 Å². The van der Waals surface area contributed by atoms with Crippen molar-refractivity contribution >= 4 is 12.2 Å². The summed E-state index contributed by atoms with van der Waals surface area (Å²) >= 11 is 0. The first-order valence-corrected chi connectivity index (χ1v) is 8.46. The summed E-state index contributed by atoms with van der Waals surface area (Å²) in [5, 5.41) is 0. The highest BCUT2D eigenvalue weighted by atomic mass is 16.6. The second kappa shape index (κ2) is 9.40. The van der Waals surface area contributed by atoms with E-state index in [1.807, 2.05) is 24.3 Å². The zero-order valence-corrected chi connectivity index (χ0v) is 16.4. The fourth-order valence-corrected chi connectivity index (χ4v) is 1.89. The van der Waals surface area contributed by atoms with Crippen LogP contribution in [0.3, 0.4) is 0 Å². The summed E-state index contributed by atoms with van der Waals surface area (Å²) in [5.41, 5.74) is 11.5. The number of hydrogen-bond acceptors (Lipinski definition) is 6. The molecule has 0 saturated heterocycles. The van der Waals surface area contributed by atoms with Crippen LogP contribution in [0.15, 0.2) is 24.3 Å². The lowest BCUT2D eigenvalue weighted by Crippen LogP contribution is -2.41. The maximum absolute atomic E-state index is 11.6. The largest absolute Gasteiger partial charge is 0.443 e. The second-order valence-electron chi connectivity index (χ2n) is 7.78. The summed E-state index contributed by atoms with van der Waals surface area (Å²) in [7, 11) is 0. The first-order chi connectivity index (χ1) is 11.9. The molecule has 0 aliphatic rings. The second-order valence-corrected chi connectivity index (χ2v) is 7.78. The standard InChI is InChI=1S/C18H30N4O4/c1-17(2,3)25-15(23)21-19-11-13-8-7-9-14(10-13)12-20-22-16(24)26-18(4,5)6/h7-10,19-20H,11-12H2,1-6H3,(H,21,23)(H,22,24). The molecule has 0 unspecified atom stereocenters. The molecule has 8 nitrogen and oxygen atoms in total. The highest BCUT2D eigenvalue weighted by Gasteiger charge is 2.16. The van der Waals surface area contributed by atoms with Crippen LogP contribution in [0.1, 0.15) is 52.7 Å². The monoisotopic (exact) mass is 366 g/mol. The quantitative estimate of drug-likeness (QED) is 0.578. The van der Waals surface area contributed by atoms with Gasteiger partial charge in [0.05, 0.1) is 0 Å². The average Bonchev–Trinajstić information content (AvgIpc) is 2.43. The molecule has 0 aromatic heterocycles. The van der Waals surface area contributed by atoms with Crippen LogP contribution in [0.5, 0.6) is 0 Å². The molecular weight excluding hydrogens is 336 g/mol. The van der Waals surface area contributed by atoms with Crippen LogP contribution >= 0.6 is 0 Å². The Morgan fingerprint density at radius 3 is 1.54 bits per heavy atom. The van der Waals surface area contributed by atoms with Gasteiger partial charge in [-0.25, -0.2) is 20.4 Å². The third kappa shape index (κ3) is 10.5. The predicted molar refractivity (Wildman–Crippen MR) is 98.9 cm³/mol. The third-order valence-corrected chi connectivity index (χ3v) is 2.76. The van der Waals surface area contributed by atoms with Crippen molar-refractivity contribution in [3.05, 3.63) is 35.4 Å². The minimum atomic E-state index is -0.543. The van der Waals surface area contributed by atoms with Crippen molar-refractivity contribution in [2.75, 3.05) is 0 Å². The van der Waals surface area contributed by atoms with E-state index in [0.717, 1.165) is 11.1 Å². The molecule has 8 heteroatoms. The molecule has 0 heterocycles. The lowest BCUT2D eigenvalue weighted by Gasteiger charge is -2.20. The molecule has 0 spiro atoms. The van der Waals surface area contributed by atoms with Crippen LogP contribution in [0.25, 0.3) is 0 Å². The Labute approximate surface area is 155 Å². The fourth-order valence-electron chi connectivity index (χ4n) is 1.89. The first-order valence-electron chi connectivity index (χ1n) is 8.46. The molecule has 0 aliphatic heterocycles. The van der Waals surface area contributed by atoms with Crippen molar-refractivity contribution in [1.29, 1.82) is 0 Å². The van der Waals surface area contributed by atoms with Crippen LogP contribution in [-0.4, -0.2) is 23.4 Å². The summed E-state index contributed by atoms with van der Waals surface area (Å²) < 4.78 is 10.3. The summed E-state index contributed by atoms with van der Waals surface area (Å²) in [6.07, 6.45) is -1.06. The van der Waals surface area contributed by atoms with Crippen molar-refractivity contribution in [2.24, 2.45) is 0 Å². The van der Waals surface area contributed by atoms with Gasteiger partial charge in [-0.15, -0.1) is 0 Å². The molecule has 4 N–H and O–H groups in total. The van der Waals surface area contributed by atoms with Crippen molar-refractivity contribution in [2.45, 2.75) is 65.8 Å². The zero-order chi connectivity index (χ0) is 19.8. The Kier molecular flexibility index (Phi) is 7.85. The highest BCUT2D eigenvalue weighted by molar-refractivity contribution is 5.67. The van der Waals surface area contributed by atoms with E-state index in [9.17, 15) is 9.59 Å². The molecule has 0 fully saturated rings. The van der Waals surface area contributed by atoms with Crippen molar-refractivity contribution < 1.29 is 19.1 Å². The number of carbonyl (C=O) groups is 2. The van der Waals surface area contributed by atoms with E-state index < -0.39 is 23.4 Å². The molecule has 2 amide bonds. The number of carbonyl (C=O) groups excluding carboxylic acids is 2. The van der Waals surface area contributed by atoms with Gasteiger partial charge in [0, 0.05) is 13.1 Å².